The van der Waals surface area contributed by atoms with Crippen LogP contribution in [0.2, 0.25) is 5.02 Å². The number of aromatic hydroxyl groups is 1. The van der Waals surface area contributed by atoms with Gasteiger partial charge in [0.25, 0.3) is 0 Å². The van der Waals surface area contributed by atoms with Crippen LogP contribution in [0.4, 0.5) is 0 Å². The second-order valence-corrected chi connectivity index (χ2v) is 5.62. The number of hydrogen-bond acceptors (Lipinski definition) is 4. The smallest absolute Gasteiger partial charge is 0.162 e. The molecule has 0 bridgehead atoms. The molecule has 1 aliphatic heterocycles. The summed E-state index contributed by atoms with van der Waals surface area (Å²) in [5, 5.41) is 14.2. The molecule has 0 aliphatic carbocycles. The summed E-state index contributed by atoms with van der Waals surface area (Å²) in [5.41, 5.74) is 0.821. The Morgan fingerprint density at radius 3 is 2.90 bits per heavy atom. The molecule has 1 heterocycles. The van der Waals surface area contributed by atoms with E-state index in [2.05, 4.69) is 17.1 Å². The standard InChI is InChI=1S/C15H23ClN2O2/c1-3-18(13-5-4-6-17-9-13)10-11-7-12(16)8-14(20-2)15(11)19/h7-8,13,17,19H,3-6,9-10H2,1-2H3. The van der Waals surface area contributed by atoms with Gasteiger partial charge in [0.05, 0.1) is 7.11 Å². The number of nitrogens with one attached hydrogen (secondary N) is 1. The lowest BCUT2D eigenvalue weighted by Crippen LogP contribution is -2.45. The zero-order valence-electron chi connectivity index (χ0n) is 12.2. The normalized spacial score (nSPS) is 19.3. The zero-order valence-corrected chi connectivity index (χ0v) is 12.9. The van der Waals surface area contributed by atoms with Gasteiger partial charge in [0.1, 0.15) is 0 Å². The quantitative estimate of drug-likeness (QED) is 0.877. The first kappa shape index (κ1) is 15.4. The summed E-state index contributed by atoms with van der Waals surface area (Å²) < 4.78 is 5.16. The van der Waals surface area contributed by atoms with Crippen LogP contribution >= 0.6 is 11.6 Å². The van der Waals surface area contributed by atoms with E-state index in [0.29, 0.717) is 23.4 Å². The molecule has 5 heteroatoms. The van der Waals surface area contributed by atoms with Gasteiger partial charge in [-0.15, -0.1) is 0 Å². The molecule has 1 saturated heterocycles. The Hall–Kier alpha value is -0.970. The van der Waals surface area contributed by atoms with Crippen molar-refractivity contribution in [3.63, 3.8) is 0 Å². The van der Waals surface area contributed by atoms with Gasteiger partial charge in [-0.3, -0.25) is 4.90 Å². The average Bonchev–Trinajstić information content (AvgIpc) is 2.48. The summed E-state index contributed by atoms with van der Waals surface area (Å²) in [6, 6.07) is 3.97. The Morgan fingerprint density at radius 1 is 1.50 bits per heavy atom. The van der Waals surface area contributed by atoms with E-state index in [9.17, 15) is 5.11 Å². The maximum atomic E-state index is 10.2. The highest BCUT2D eigenvalue weighted by Gasteiger charge is 2.21. The number of ether oxygens (including phenoxy) is 1. The molecule has 0 aromatic heterocycles. The molecule has 1 fully saturated rings. The number of halogens is 1. The summed E-state index contributed by atoms with van der Waals surface area (Å²) in [4.78, 5) is 2.37. The molecule has 0 saturated carbocycles. The van der Waals surface area contributed by atoms with Gasteiger partial charge in [-0.1, -0.05) is 18.5 Å². The van der Waals surface area contributed by atoms with Gasteiger partial charge in [-0.25, -0.2) is 0 Å². The first-order chi connectivity index (χ1) is 9.65. The largest absolute Gasteiger partial charge is 0.504 e. The van der Waals surface area contributed by atoms with Crippen molar-refractivity contribution in [2.24, 2.45) is 0 Å². The maximum Gasteiger partial charge on any atom is 0.162 e. The van der Waals surface area contributed by atoms with Crippen molar-refractivity contribution in [1.29, 1.82) is 0 Å². The Balaban J connectivity index is 2.16. The lowest BCUT2D eigenvalue weighted by molar-refractivity contribution is 0.164. The Morgan fingerprint density at radius 2 is 2.30 bits per heavy atom. The van der Waals surface area contributed by atoms with E-state index in [4.69, 9.17) is 16.3 Å². The molecule has 0 spiro atoms. The van der Waals surface area contributed by atoms with E-state index < -0.39 is 0 Å². The van der Waals surface area contributed by atoms with Crippen molar-refractivity contribution < 1.29 is 9.84 Å². The monoisotopic (exact) mass is 298 g/mol. The van der Waals surface area contributed by atoms with Crippen LogP contribution in [0.3, 0.4) is 0 Å². The molecule has 112 valence electrons. The number of likely N-dealkylation sites (N-methyl/N-ethyl adjacent to an activating group) is 1. The fourth-order valence-corrected chi connectivity index (χ4v) is 3.00. The lowest BCUT2D eigenvalue weighted by Gasteiger charge is -2.34. The molecule has 20 heavy (non-hydrogen) atoms. The molecular weight excluding hydrogens is 276 g/mol. The van der Waals surface area contributed by atoms with Gasteiger partial charge in [0, 0.05) is 35.8 Å². The van der Waals surface area contributed by atoms with Crippen molar-refractivity contribution in [2.45, 2.75) is 32.4 Å². The topological polar surface area (TPSA) is 44.7 Å². The SMILES string of the molecule is CCN(Cc1cc(Cl)cc(OC)c1O)C1CCCNC1. The second kappa shape index (κ2) is 7.16. The van der Waals surface area contributed by atoms with Gasteiger partial charge < -0.3 is 15.2 Å². The van der Waals surface area contributed by atoms with E-state index >= 15 is 0 Å². The predicted octanol–water partition coefficient (Wildman–Crippen LogP) is 2.63. The number of phenolic OH excluding ortho intramolecular Hbond substituents is 1. The number of piperidine rings is 1. The Kier molecular flexibility index (Phi) is 5.52. The molecule has 1 aromatic carbocycles. The molecule has 2 N–H and O–H groups in total. The van der Waals surface area contributed by atoms with Gasteiger partial charge in [-0.2, -0.15) is 0 Å². The van der Waals surface area contributed by atoms with Crippen LogP contribution in [-0.2, 0) is 6.54 Å². The molecule has 4 nitrogen and oxygen atoms in total. The third kappa shape index (κ3) is 3.57. The van der Waals surface area contributed by atoms with Crippen molar-refractivity contribution in [3.8, 4) is 11.5 Å². The molecular formula is C15H23ClN2O2. The first-order valence-corrected chi connectivity index (χ1v) is 7.53. The maximum absolute atomic E-state index is 10.2. The van der Waals surface area contributed by atoms with E-state index in [1.807, 2.05) is 6.07 Å². The zero-order chi connectivity index (χ0) is 14.5. The van der Waals surface area contributed by atoms with E-state index in [1.54, 1.807) is 6.07 Å². The third-order valence-electron chi connectivity index (χ3n) is 3.91. The van der Waals surface area contributed by atoms with Crippen LogP contribution in [0.15, 0.2) is 12.1 Å². The summed E-state index contributed by atoms with van der Waals surface area (Å²) >= 11 is 6.09. The highest BCUT2D eigenvalue weighted by molar-refractivity contribution is 6.30. The number of benzene rings is 1. The van der Waals surface area contributed by atoms with Gasteiger partial charge in [-0.05, 0) is 32.0 Å². The van der Waals surface area contributed by atoms with Crippen LogP contribution in [0.5, 0.6) is 11.5 Å². The number of rotatable bonds is 5. The van der Waals surface area contributed by atoms with Gasteiger partial charge in [0.15, 0.2) is 11.5 Å². The van der Waals surface area contributed by atoms with Crippen LogP contribution < -0.4 is 10.1 Å². The van der Waals surface area contributed by atoms with Gasteiger partial charge in [0.2, 0.25) is 0 Å². The lowest BCUT2D eigenvalue weighted by atomic mass is 10.0. The minimum absolute atomic E-state index is 0.194. The summed E-state index contributed by atoms with van der Waals surface area (Å²) in [6.45, 7) is 5.89. The molecule has 1 unspecified atom stereocenters. The minimum atomic E-state index is 0.194. The van der Waals surface area contributed by atoms with Crippen LogP contribution in [0.25, 0.3) is 0 Å². The minimum Gasteiger partial charge on any atom is -0.504 e. The number of phenols is 1. The molecule has 1 atom stereocenters. The van der Waals surface area contributed by atoms with Crippen molar-refractivity contribution in [3.05, 3.63) is 22.7 Å². The van der Waals surface area contributed by atoms with Crippen molar-refractivity contribution in [2.75, 3.05) is 26.7 Å². The Bertz CT molecular complexity index is 448. The molecule has 0 amide bonds. The second-order valence-electron chi connectivity index (χ2n) is 5.18. The third-order valence-corrected chi connectivity index (χ3v) is 4.12. The summed E-state index contributed by atoms with van der Waals surface area (Å²) in [7, 11) is 1.54. The average molecular weight is 299 g/mol. The summed E-state index contributed by atoms with van der Waals surface area (Å²) in [6.07, 6.45) is 2.39. The van der Waals surface area contributed by atoms with Crippen LogP contribution in [-0.4, -0.2) is 42.8 Å². The number of methoxy groups -OCH3 is 1. The first-order valence-electron chi connectivity index (χ1n) is 7.15. The molecule has 0 radical (unpaired) electrons. The van der Waals surface area contributed by atoms with Crippen molar-refractivity contribution >= 4 is 11.6 Å². The van der Waals surface area contributed by atoms with E-state index in [-0.39, 0.29) is 5.75 Å². The Labute approximate surface area is 125 Å². The van der Waals surface area contributed by atoms with Gasteiger partial charge >= 0.3 is 0 Å². The van der Waals surface area contributed by atoms with E-state index in [1.165, 1.54) is 20.0 Å². The molecule has 1 aromatic rings. The van der Waals surface area contributed by atoms with E-state index in [0.717, 1.165) is 25.2 Å². The highest BCUT2D eigenvalue weighted by Crippen LogP contribution is 2.34. The van der Waals surface area contributed by atoms with Crippen molar-refractivity contribution in [1.82, 2.24) is 10.2 Å². The highest BCUT2D eigenvalue weighted by atomic mass is 35.5. The molecule has 1 aliphatic rings. The fourth-order valence-electron chi connectivity index (χ4n) is 2.77. The number of nitrogens with zero attached hydrogens (tertiary/aromatic N) is 1. The van der Waals surface area contributed by atoms with Crippen LogP contribution in [0, 0.1) is 0 Å². The predicted molar refractivity (Wildman–Crippen MR) is 81.6 cm³/mol. The summed E-state index contributed by atoms with van der Waals surface area (Å²) in [5.74, 6) is 0.629. The fraction of sp³-hybridized carbons (Fsp3) is 0.600. The molecule has 2 rings (SSSR count). The van der Waals surface area contributed by atoms with Crippen LogP contribution in [0.1, 0.15) is 25.3 Å². The number of hydrogen-bond donors (Lipinski definition) is 2.